The largest absolute Gasteiger partial charge is 0.466 e. The molecule has 0 spiro atoms. The highest BCUT2D eigenvalue weighted by atomic mass is 32.2. The molecule has 0 radical (unpaired) electrons. The summed E-state index contributed by atoms with van der Waals surface area (Å²) in [5.41, 5.74) is 0. The lowest BCUT2D eigenvalue weighted by Crippen LogP contribution is -2.16. The van der Waals surface area contributed by atoms with Crippen molar-refractivity contribution < 1.29 is 9.53 Å². The van der Waals surface area contributed by atoms with Crippen molar-refractivity contribution in [3.63, 3.8) is 0 Å². The van der Waals surface area contributed by atoms with E-state index in [1.54, 1.807) is 11.8 Å². The van der Waals surface area contributed by atoms with Gasteiger partial charge in [0.05, 0.1) is 12.5 Å². The highest BCUT2D eigenvalue weighted by Crippen LogP contribution is 2.05. The van der Waals surface area contributed by atoms with Crippen LogP contribution in [0.25, 0.3) is 0 Å². The Bertz CT molecular complexity index is 104. The molecule has 1 atom stereocenters. The van der Waals surface area contributed by atoms with E-state index in [9.17, 15) is 4.79 Å². The Morgan fingerprint density at radius 2 is 2.30 bits per heavy atom. The summed E-state index contributed by atoms with van der Waals surface area (Å²) in [5, 5.41) is 0. The van der Waals surface area contributed by atoms with E-state index in [1.165, 1.54) is 0 Å². The zero-order chi connectivity index (χ0) is 7.98. The molecule has 0 aromatic rings. The summed E-state index contributed by atoms with van der Waals surface area (Å²) in [6.45, 7) is 4.19. The summed E-state index contributed by atoms with van der Waals surface area (Å²) < 4.78 is 4.80. The molecule has 2 nitrogen and oxygen atoms in total. The van der Waals surface area contributed by atoms with Crippen LogP contribution in [0.3, 0.4) is 0 Å². The number of carbonyl (C=O) groups excluding carboxylic acids is 1. The fraction of sp³-hybridized carbons (Fsp3) is 0.857. The van der Waals surface area contributed by atoms with Gasteiger partial charge in [-0.2, -0.15) is 11.8 Å². The molecule has 0 fully saturated rings. The smallest absolute Gasteiger partial charge is 0.309 e. The fourth-order valence-electron chi connectivity index (χ4n) is 0.603. The molecule has 0 saturated heterocycles. The van der Waals surface area contributed by atoms with Crippen LogP contribution in [0, 0.1) is 5.92 Å². The summed E-state index contributed by atoms with van der Waals surface area (Å²) in [6, 6.07) is 0. The molecule has 60 valence electrons. The Labute approximate surface area is 66.3 Å². The van der Waals surface area contributed by atoms with Gasteiger partial charge in [0.15, 0.2) is 0 Å². The van der Waals surface area contributed by atoms with Gasteiger partial charge in [0.25, 0.3) is 0 Å². The average Bonchev–Trinajstić information content (AvgIpc) is 1.89. The van der Waals surface area contributed by atoms with E-state index in [4.69, 9.17) is 4.74 Å². The molecule has 1 unspecified atom stereocenters. The van der Waals surface area contributed by atoms with Gasteiger partial charge in [0.2, 0.25) is 0 Å². The van der Waals surface area contributed by atoms with E-state index in [0.29, 0.717) is 6.61 Å². The van der Waals surface area contributed by atoms with Crippen LogP contribution in [-0.2, 0) is 9.53 Å². The first-order valence-corrected chi connectivity index (χ1v) is 4.77. The van der Waals surface area contributed by atoms with Gasteiger partial charge in [-0.15, -0.1) is 0 Å². The third kappa shape index (κ3) is 3.77. The maximum absolute atomic E-state index is 10.9. The van der Waals surface area contributed by atoms with E-state index in [0.717, 1.165) is 5.75 Å². The van der Waals surface area contributed by atoms with Gasteiger partial charge in [-0.25, -0.2) is 0 Å². The van der Waals surface area contributed by atoms with Crippen LogP contribution in [0.4, 0.5) is 0 Å². The van der Waals surface area contributed by atoms with Crippen LogP contribution in [0.2, 0.25) is 0 Å². The predicted octanol–water partition coefficient (Wildman–Crippen LogP) is 1.55. The minimum absolute atomic E-state index is 0.0370. The highest BCUT2D eigenvalue weighted by molar-refractivity contribution is 7.98. The van der Waals surface area contributed by atoms with Crippen LogP contribution in [0.15, 0.2) is 0 Å². The van der Waals surface area contributed by atoms with E-state index < -0.39 is 0 Å². The van der Waals surface area contributed by atoms with Gasteiger partial charge >= 0.3 is 5.97 Å². The molecule has 0 aliphatic carbocycles. The second-order valence-corrected chi connectivity index (χ2v) is 3.02. The number of esters is 1. The molecule has 0 aromatic heterocycles. The van der Waals surface area contributed by atoms with Gasteiger partial charge in [0, 0.05) is 5.75 Å². The van der Waals surface area contributed by atoms with Crippen molar-refractivity contribution in [1.82, 2.24) is 0 Å². The number of rotatable bonds is 4. The molecule has 0 amide bonds. The van der Waals surface area contributed by atoms with Crippen LogP contribution < -0.4 is 0 Å². The monoisotopic (exact) mass is 162 g/mol. The van der Waals surface area contributed by atoms with Gasteiger partial charge in [-0.05, 0) is 13.2 Å². The third-order valence-electron chi connectivity index (χ3n) is 1.11. The second-order valence-electron chi connectivity index (χ2n) is 2.11. The van der Waals surface area contributed by atoms with E-state index in [2.05, 4.69) is 0 Å². The summed E-state index contributed by atoms with van der Waals surface area (Å²) in [5.74, 6) is 0.797. The lowest BCUT2D eigenvalue weighted by atomic mass is 10.2. The van der Waals surface area contributed by atoms with Gasteiger partial charge in [-0.1, -0.05) is 6.92 Å². The van der Waals surface area contributed by atoms with Crippen molar-refractivity contribution in [3.05, 3.63) is 0 Å². The molecule has 0 aromatic carbocycles. The van der Waals surface area contributed by atoms with Gasteiger partial charge in [0.1, 0.15) is 0 Å². The van der Waals surface area contributed by atoms with Gasteiger partial charge < -0.3 is 4.74 Å². The minimum Gasteiger partial charge on any atom is -0.466 e. The normalized spacial score (nSPS) is 12.7. The number of ether oxygens (including phenoxy) is 1. The first-order valence-electron chi connectivity index (χ1n) is 3.38. The average molecular weight is 162 g/mol. The topological polar surface area (TPSA) is 26.3 Å². The fourth-order valence-corrected chi connectivity index (χ4v) is 1.24. The van der Waals surface area contributed by atoms with Crippen molar-refractivity contribution in [3.8, 4) is 0 Å². The quantitative estimate of drug-likeness (QED) is 0.587. The third-order valence-corrected chi connectivity index (χ3v) is 1.94. The molecule has 0 heterocycles. The van der Waals surface area contributed by atoms with Crippen molar-refractivity contribution in [2.24, 2.45) is 5.92 Å². The molecular weight excluding hydrogens is 148 g/mol. The summed E-state index contributed by atoms with van der Waals surface area (Å²) >= 11 is 1.66. The zero-order valence-corrected chi connectivity index (χ0v) is 7.53. The molecular formula is C7H14O2S. The number of hydrogen-bond acceptors (Lipinski definition) is 3. The van der Waals surface area contributed by atoms with Crippen molar-refractivity contribution in [1.29, 1.82) is 0 Å². The van der Waals surface area contributed by atoms with Crippen LogP contribution >= 0.6 is 11.8 Å². The summed E-state index contributed by atoms with van der Waals surface area (Å²) in [4.78, 5) is 10.9. The molecule has 10 heavy (non-hydrogen) atoms. The molecule has 0 rings (SSSR count). The Hall–Kier alpha value is -0.180. The lowest BCUT2D eigenvalue weighted by Gasteiger charge is -2.07. The maximum atomic E-state index is 10.9. The Morgan fingerprint density at radius 1 is 1.70 bits per heavy atom. The Morgan fingerprint density at radius 3 is 2.70 bits per heavy atom. The predicted molar refractivity (Wildman–Crippen MR) is 44.2 cm³/mol. The van der Waals surface area contributed by atoms with E-state index >= 15 is 0 Å². The maximum Gasteiger partial charge on any atom is 0.309 e. The van der Waals surface area contributed by atoms with Crippen LogP contribution in [0.5, 0.6) is 0 Å². The number of carbonyl (C=O) groups is 1. The molecule has 0 saturated carbocycles. The van der Waals surface area contributed by atoms with Crippen molar-refractivity contribution >= 4 is 17.7 Å². The highest BCUT2D eigenvalue weighted by Gasteiger charge is 2.11. The summed E-state index contributed by atoms with van der Waals surface area (Å²) in [6.07, 6.45) is 1.98. The molecule has 0 aliphatic heterocycles. The van der Waals surface area contributed by atoms with E-state index in [-0.39, 0.29) is 11.9 Å². The molecule has 0 aliphatic rings. The SMILES string of the molecule is CCOC(=O)C(C)CSC. The molecule has 3 heteroatoms. The van der Waals surface area contributed by atoms with Crippen LogP contribution in [0.1, 0.15) is 13.8 Å². The minimum atomic E-state index is -0.0862. The summed E-state index contributed by atoms with van der Waals surface area (Å²) in [7, 11) is 0. The standard InChI is InChI=1S/C7H14O2S/c1-4-9-7(8)6(2)5-10-3/h6H,4-5H2,1-3H3. The van der Waals surface area contributed by atoms with Crippen molar-refractivity contribution in [2.45, 2.75) is 13.8 Å². The zero-order valence-electron chi connectivity index (χ0n) is 6.72. The van der Waals surface area contributed by atoms with Gasteiger partial charge in [-0.3, -0.25) is 4.79 Å². The van der Waals surface area contributed by atoms with E-state index in [1.807, 2.05) is 20.1 Å². The Kier molecular flexibility index (Phi) is 5.49. The number of thioether (sulfide) groups is 1. The molecule has 0 N–H and O–H groups in total. The van der Waals surface area contributed by atoms with Crippen molar-refractivity contribution in [2.75, 3.05) is 18.6 Å². The lowest BCUT2D eigenvalue weighted by molar-refractivity contribution is -0.146. The second kappa shape index (κ2) is 5.59. The first kappa shape index (κ1) is 9.82. The molecule has 0 bridgehead atoms. The van der Waals surface area contributed by atoms with Crippen LogP contribution in [-0.4, -0.2) is 24.6 Å². The Balaban J connectivity index is 3.49. The number of hydrogen-bond donors (Lipinski definition) is 0. The first-order chi connectivity index (χ1) is 4.72.